The molecule has 7 atom stereocenters. The number of Topliss-reactive ketones (excluding diaryl/α,β-unsaturated/α-hetero) is 1. The van der Waals surface area contributed by atoms with Crippen LogP contribution in [0.4, 0.5) is 4.39 Å². The molecule has 2 aliphatic carbocycles. The smallest absolute Gasteiger partial charge is 0.256 e. The molecule has 0 aromatic heterocycles. The minimum atomic E-state index is -1.18. The number of hydrogen-bond donors (Lipinski definition) is 2. The van der Waals surface area contributed by atoms with Crippen LogP contribution in [-0.4, -0.2) is 116 Å². The summed E-state index contributed by atoms with van der Waals surface area (Å²) in [6.45, 7) is 5.38. The minimum absolute atomic E-state index is 0.0172. The topological polar surface area (TPSA) is 77.2 Å². The van der Waals surface area contributed by atoms with Crippen LogP contribution >= 0.6 is 0 Å². The summed E-state index contributed by atoms with van der Waals surface area (Å²) in [6.07, 6.45) is 8.88. The Morgan fingerprint density at radius 1 is 1.14 bits per heavy atom. The standard InChI is InChI=1S/C28H46FN5O3/c1-32(2)13-6-5-11-31-28(36)20-18-34-22-9-3-4-10-23(22)37-27-24(30-12-16-33-14-7-8-15-33)21(29)17-19(25(27)34)26(20)35/h18-19,21-25,27,30H,3-17H2,1-2H3,(H,31,36). The number of morpholine rings is 1. The van der Waals surface area contributed by atoms with Crippen molar-refractivity contribution in [3.8, 4) is 0 Å². The predicted molar refractivity (Wildman–Crippen MR) is 141 cm³/mol. The Morgan fingerprint density at radius 2 is 1.92 bits per heavy atom. The normalized spacial score (nSPS) is 35.8. The fraction of sp³-hybridized carbons (Fsp3) is 0.857. The lowest BCUT2D eigenvalue weighted by Gasteiger charge is -2.59. The van der Waals surface area contributed by atoms with Gasteiger partial charge in [0.1, 0.15) is 6.17 Å². The predicted octanol–water partition coefficient (Wildman–Crippen LogP) is 1.70. The van der Waals surface area contributed by atoms with E-state index in [1.54, 1.807) is 0 Å². The molecule has 5 rings (SSSR count). The molecule has 0 aromatic rings. The highest BCUT2D eigenvalue weighted by Crippen LogP contribution is 2.45. The van der Waals surface area contributed by atoms with Crippen molar-refractivity contribution in [1.29, 1.82) is 0 Å². The molecule has 208 valence electrons. The monoisotopic (exact) mass is 519 g/mol. The molecule has 0 radical (unpaired) electrons. The van der Waals surface area contributed by atoms with Gasteiger partial charge in [-0.05, 0) is 78.7 Å². The Morgan fingerprint density at radius 3 is 2.70 bits per heavy atom. The van der Waals surface area contributed by atoms with Crippen molar-refractivity contribution in [3.63, 3.8) is 0 Å². The molecule has 7 unspecified atom stereocenters. The molecule has 37 heavy (non-hydrogen) atoms. The molecule has 0 bridgehead atoms. The number of fused-ring (bicyclic) bond motifs is 2. The Balaban J connectivity index is 1.31. The first-order valence-corrected chi connectivity index (χ1v) is 14.7. The molecular weight excluding hydrogens is 473 g/mol. The van der Waals surface area contributed by atoms with Crippen LogP contribution in [0.2, 0.25) is 0 Å². The van der Waals surface area contributed by atoms with E-state index in [-0.39, 0.29) is 48.0 Å². The number of nitrogens with one attached hydrogen (secondary N) is 2. The molecule has 8 nitrogen and oxygen atoms in total. The summed E-state index contributed by atoms with van der Waals surface area (Å²) in [6, 6.07) is -0.489. The molecule has 5 aliphatic rings. The molecule has 3 aliphatic heterocycles. The Bertz CT molecular complexity index is 848. The Hall–Kier alpha value is -1.55. The molecule has 3 heterocycles. The summed E-state index contributed by atoms with van der Waals surface area (Å²) >= 11 is 0. The lowest BCUT2D eigenvalue weighted by molar-refractivity contribution is -0.197. The lowest BCUT2D eigenvalue weighted by atomic mass is 9.69. The van der Waals surface area contributed by atoms with Crippen molar-refractivity contribution in [3.05, 3.63) is 11.8 Å². The van der Waals surface area contributed by atoms with Crippen LogP contribution in [0.1, 0.15) is 57.8 Å². The third kappa shape index (κ3) is 5.89. The molecule has 1 amide bonds. The van der Waals surface area contributed by atoms with E-state index in [0.29, 0.717) is 6.54 Å². The number of rotatable bonds is 10. The summed E-state index contributed by atoms with van der Waals surface area (Å²) < 4.78 is 22.4. The summed E-state index contributed by atoms with van der Waals surface area (Å²) in [4.78, 5) is 33.5. The van der Waals surface area contributed by atoms with Gasteiger partial charge in [-0.3, -0.25) is 9.59 Å². The van der Waals surface area contributed by atoms with Crippen LogP contribution in [-0.2, 0) is 14.3 Å². The molecule has 4 fully saturated rings. The maximum Gasteiger partial charge on any atom is 0.256 e. The fourth-order valence-electron chi connectivity index (χ4n) is 7.24. The Labute approximate surface area is 221 Å². The van der Waals surface area contributed by atoms with Gasteiger partial charge in [0.05, 0.1) is 35.9 Å². The second kappa shape index (κ2) is 12.1. The SMILES string of the molecule is CN(C)CCCCNC(=O)C1=CN2C3CCCCC3OC3C(NCCN4CCCC4)C(F)CC(C1=O)C32. The van der Waals surface area contributed by atoms with Crippen LogP contribution in [0.25, 0.3) is 0 Å². The van der Waals surface area contributed by atoms with Crippen LogP contribution in [0, 0.1) is 5.92 Å². The number of ether oxygens (including phenoxy) is 1. The van der Waals surface area contributed by atoms with Crippen molar-refractivity contribution in [2.45, 2.75) is 94.3 Å². The second-order valence-corrected chi connectivity index (χ2v) is 12.0. The number of carbonyl (C=O) groups excluding carboxylic acids is 2. The van der Waals surface area contributed by atoms with Gasteiger partial charge < -0.3 is 30.1 Å². The van der Waals surface area contributed by atoms with Crippen molar-refractivity contribution in [1.82, 2.24) is 25.3 Å². The maximum absolute atomic E-state index is 15.7. The van der Waals surface area contributed by atoms with Gasteiger partial charge in [-0.25, -0.2) is 4.39 Å². The van der Waals surface area contributed by atoms with Gasteiger partial charge >= 0.3 is 0 Å². The first-order valence-electron chi connectivity index (χ1n) is 14.7. The van der Waals surface area contributed by atoms with Crippen LogP contribution in [0.15, 0.2) is 11.8 Å². The van der Waals surface area contributed by atoms with E-state index >= 15 is 4.39 Å². The van der Waals surface area contributed by atoms with E-state index < -0.39 is 18.1 Å². The van der Waals surface area contributed by atoms with Gasteiger partial charge in [-0.1, -0.05) is 12.8 Å². The number of ketones is 1. The summed E-state index contributed by atoms with van der Waals surface area (Å²) in [5.74, 6) is -1.07. The fourth-order valence-corrected chi connectivity index (χ4v) is 7.24. The zero-order valence-electron chi connectivity index (χ0n) is 22.7. The van der Waals surface area contributed by atoms with Crippen molar-refractivity contribution in [2.75, 3.05) is 53.4 Å². The van der Waals surface area contributed by atoms with Gasteiger partial charge in [-0.2, -0.15) is 0 Å². The average Bonchev–Trinajstić information content (AvgIpc) is 3.40. The quantitative estimate of drug-likeness (QED) is 0.336. The maximum atomic E-state index is 15.7. The number of carbonyl (C=O) groups is 2. The van der Waals surface area contributed by atoms with Gasteiger partial charge in [0, 0.05) is 31.8 Å². The van der Waals surface area contributed by atoms with Crippen LogP contribution in [0.5, 0.6) is 0 Å². The molecule has 9 heteroatoms. The first kappa shape index (κ1) is 27.0. The van der Waals surface area contributed by atoms with Crippen LogP contribution in [0.3, 0.4) is 0 Å². The molecule has 2 saturated carbocycles. The van der Waals surface area contributed by atoms with E-state index in [4.69, 9.17) is 4.74 Å². The van der Waals surface area contributed by atoms with Crippen molar-refractivity contribution >= 4 is 11.7 Å². The highest BCUT2D eigenvalue weighted by molar-refractivity contribution is 6.20. The van der Waals surface area contributed by atoms with E-state index in [1.165, 1.54) is 12.8 Å². The Kier molecular flexibility index (Phi) is 8.84. The van der Waals surface area contributed by atoms with E-state index in [1.807, 2.05) is 20.3 Å². The van der Waals surface area contributed by atoms with Gasteiger partial charge in [-0.15, -0.1) is 0 Å². The molecule has 2 saturated heterocycles. The summed E-state index contributed by atoms with van der Waals surface area (Å²) in [7, 11) is 4.06. The largest absolute Gasteiger partial charge is 0.369 e. The number of hydrogen-bond acceptors (Lipinski definition) is 7. The first-order chi connectivity index (χ1) is 17.9. The number of alkyl halides is 1. The zero-order chi connectivity index (χ0) is 25.9. The lowest BCUT2D eigenvalue weighted by Crippen LogP contribution is -2.73. The number of unbranched alkanes of at least 4 members (excludes halogenated alkanes) is 1. The van der Waals surface area contributed by atoms with E-state index in [9.17, 15) is 9.59 Å². The van der Waals surface area contributed by atoms with Gasteiger partial charge in [0.25, 0.3) is 5.91 Å². The van der Waals surface area contributed by atoms with Gasteiger partial charge in [0.15, 0.2) is 5.78 Å². The molecule has 0 aromatic carbocycles. The second-order valence-electron chi connectivity index (χ2n) is 12.0. The highest BCUT2D eigenvalue weighted by atomic mass is 19.1. The third-order valence-electron chi connectivity index (χ3n) is 9.15. The van der Waals surface area contributed by atoms with Crippen LogP contribution < -0.4 is 10.6 Å². The average molecular weight is 520 g/mol. The minimum Gasteiger partial charge on any atom is -0.369 e. The van der Waals surface area contributed by atoms with Crippen molar-refractivity contribution < 1.29 is 18.7 Å². The summed E-state index contributed by atoms with van der Waals surface area (Å²) in [5.41, 5.74) is 0.200. The number of amides is 1. The number of likely N-dealkylation sites (tertiary alicyclic amines) is 1. The highest BCUT2D eigenvalue weighted by Gasteiger charge is 2.58. The summed E-state index contributed by atoms with van der Waals surface area (Å²) in [5, 5.41) is 6.45. The van der Waals surface area contributed by atoms with E-state index in [0.717, 1.165) is 71.2 Å². The molecule has 0 spiro atoms. The van der Waals surface area contributed by atoms with Crippen molar-refractivity contribution in [2.24, 2.45) is 5.92 Å². The number of halogens is 1. The number of nitrogens with zero attached hydrogens (tertiary/aromatic N) is 3. The van der Waals surface area contributed by atoms with E-state index in [2.05, 4.69) is 25.3 Å². The third-order valence-corrected chi connectivity index (χ3v) is 9.15. The zero-order valence-corrected chi connectivity index (χ0v) is 22.7. The van der Waals surface area contributed by atoms with Gasteiger partial charge in [0.2, 0.25) is 0 Å². The molecular formula is C28H46FN5O3. The molecule has 2 N–H and O–H groups in total.